The number of nitrogens with zero attached hydrogens (tertiary/aromatic N) is 2. The van der Waals surface area contributed by atoms with Gasteiger partial charge in [0.15, 0.2) is 0 Å². The molecule has 4 nitrogen and oxygen atoms in total. The minimum atomic E-state index is 0.165. The molecular weight excluding hydrogens is 324 g/mol. The highest BCUT2D eigenvalue weighted by Crippen LogP contribution is 2.27. The molecule has 0 atom stereocenters. The Balaban J connectivity index is 1.43. The molecule has 4 heteroatoms. The molecule has 0 radical (unpaired) electrons. The molecule has 26 heavy (non-hydrogen) atoms. The summed E-state index contributed by atoms with van der Waals surface area (Å²) in [6.07, 6.45) is 0.429. The van der Waals surface area contributed by atoms with Crippen LogP contribution in [0.4, 0.5) is 5.69 Å². The first-order valence-electron chi connectivity index (χ1n) is 9.00. The van der Waals surface area contributed by atoms with Gasteiger partial charge in [0, 0.05) is 26.2 Å². The fourth-order valence-electron chi connectivity index (χ4n) is 3.65. The molecule has 0 saturated carbocycles. The molecule has 1 N–H and O–H groups in total. The van der Waals surface area contributed by atoms with Crippen molar-refractivity contribution >= 4 is 22.4 Å². The number of amides is 1. The van der Waals surface area contributed by atoms with E-state index in [-0.39, 0.29) is 5.91 Å². The van der Waals surface area contributed by atoms with Crippen molar-refractivity contribution in [3.63, 3.8) is 0 Å². The van der Waals surface area contributed by atoms with Crippen molar-refractivity contribution in [1.82, 2.24) is 4.90 Å². The first kappa shape index (κ1) is 16.5. The van der Waals surface area contributed by atoms with E-state index in [0.717, 1.165) is 29.7 Å². The van der Waals surface area contributed by atoms with Crippen LogP contribution in [0, 0.1) is 0 Å². The molecule has 1 fully saturated rings. The molecule has 1 aliphatic rings. The van der Waals surface area contributed by atoms with Gasteiger partial charge in [-0.05, 0) is 28.5 Å². The maximum Gasteiger partial charge on any atom is 0.227 e. The van der Waals surface area contributed by atoms with Crippen LogP contribution in [-0.4, -0.2) is 42.1 Å². The van der Waals surface area contributed by atoms with E-state index in [0.29, 0.717) is 25.3 Å². The molecule has 0 spiro atoms. The van der Waals surface area contributed by atoms with Gasteiger partial charge in [-0.1, -0.05) is 54.6 Å². The van der Waals surface area contributed by atoms with Gasteiger partial charge in [0.2, 0.25) is 5.91 Å². The summed E-state index contributed by atoms with van der Waals surface area (Å²) in [7, 11) is 0. The summed E-state index contributed by atoms with van der Waals surface area (Å²) >= 11 is 0. The van der Waals surface area contributed by atoms with Gasteiger partial charge >= 0.3 is 0 Å². The average Bonchev–Trinajstić information content (AvgIpc) is 2.69. The van der Waals surface area contributed by atoms with Crippen molar-refractivity contribution in [2.24, 2.45) is 0 Å². The zero-order valence-electron chi connectivity index (χ0n) is 14.6. The third-order valence-electron chi connectivity index (χ3n) is 5.08. The molecule has 3 aromatic carbocycles. The number of piperazine rings is 1. The number of para-hydroxylation sites is 2. The summed E-state index contributed by atoms with van der Waals surface area (Å²) in [5.74, 6) is 0.460. The number of fused-ring (bicyclic) bond motifs is 1. The molecule has 1 saturated heterocycles. The molecular formula is C22H22N2O2. The van der Waals surface area contributed by atoms with Gasteiger partial charge < -0.3 is 14.9 Å². The van der Waals surface area contributed by atoms with Gasteiger partial charge in [-0.15, -0.1) is 0 Å². The molecule has 1 heterocycles. The van der Waals surface area contributed by atoms with Crippen molar-refractivity contribution < 1.29 is 9.90 Å². The van der Waals surface area contributed by atoms with Gasteiger partial charge in [0.05, 0.1) is 12.1 Å². The number of rotatable bonds is 3. The van der Waals surface area contributed by atoms with Crippen LogP contribution in [0.25, 0.3) is 10.8 Å². The predicted octanol–water partition coefficient (Wildman–Crippen LogP) is 3.44. The summed E-state index contributed by atoms with van der Waals surface area (Å²) in [6.45, 7) is 2.83. The Morgan fingerprint density at radius 1 is 0.846 bits per heavy atom. The summed E-state index contributed by atoms with van der Waals surface area (Å²) in [6, 6.07) is 21.7. The second-order valence-electron chi connectivity index (χ2n) is 6.67. The Morgan fingerprint density at radius 2 is 1.54 bits per heavy atom. The Bertz CT molecular complexity index is 925. The second kappa shape index (κ2) is 7.08. The number of phenols is 1. The fourth-order valence-corrected chi connectivity index (χ4v) is 3.65. The van der Waals surface area contributed by atoms with Crippen LogP contribution >= 0.6 is 0 Å². The van der Waals surface area contributed by atoms with Crippen LogP contribution in [0.1, 0.15) is 5.56 Å². The van der Waals surface area contributed by atoms with Gasteiger partial charge in [-0.2, -0.15) is 0 Å². The topological polar surface area (TPSA) is 43.8 Å². The van der Waals surface area contributed by atoms with Crippen molar-refractivity contribution in [2.75, 3.05) is 31.1 Å². The van der Waals surface area contributed by atoms with Crippen LogP contribution in [0.5, 0.6) is 5.75 Å². The average molecular weight is 346 g/mol. The SMILES string of the molecule is O=C(Cc1cccc2ccccc12)N1CCN(c2ccccc2O)CC1. The number of carbonyl (C=O) groups is 1. The van der Waals surface area contributed by atoms with Crippen molar-refractivity contribution in [2.45, 2.75) is 6.42 Å². The van der Waals surface area contributed by atoms with E-state index >= 15 is 0 Å². The number of benzene rings is 3. The normalized spacial score (nSPS) is 14.6. The van der Waals surface area contributed by atoms with E-state index in [4.69, 9.17) is 0 Å². The number of aromatic hydroxyl groups is 1. The quantitative estimate of drug-likeness (QED) is 0.790. The minimum absolute atomic E-state index is 0.165. The Morgan fingerprint density at radius 3 is 2.35 bits per heavy atom. The minimum Gasteiger partial charge on any atom is -0.506 e. The van der Waals surface area contributed by atoms with Gasteiger partial charge in [0.1, 0.15) is 5.75 Å². The highest BCUT2D eigenvalue weighted by Gasteiger charge is 2.22. The first-order chi connectivity index (χ1) is 12.7. The Hall–Kier alpha value is -3.01. The van der Waals surface area contributed by atoms with Gasteiger partial charge in [0.25, 0.3) is 0 Å². The number of hydrogen-bond donors (Lipinski definition) is 1. The van der Waals surface area contributed by atoms with E-state index in [1.165, 1.54) is 5.39 Å². The molecule has 0 aliphatic carbocycles. The third-order valence-corrected chi connectivity index (χ3v) is 5.08. The van der Waals surface area contributed by atoms with Crippen LogP contribution in [0.3, 0.4) is 0 Å². The lowest BCUT2D eigenvalue weighted by atomic mass is 10.0. The van der Waals surface area contributed by atoms with Gasteiger partial charge in [-0.25, -0.2) is 0 Å². The van der Waals surface area contributed by atoms with E-state index < -0.39 is 0 Å². The van der Waals surface area contributed by atoms with Crippen LogP contribution in [-0.2, 0) is 11.2 Å². The predicted molar refractivity (Wildman–Crippen MR) is 105 cm³/mol. The van der Waals surface area contributed by atoms with Crippen molar-refractivity contribution in [3.05, 3.63) is 72.3 Å². The molecule has 4 rings (SSSR count). The highest BCUT2D eigenvalue weighted by molar-refractivity contribution is 5.90. The largest absolute Gasteiger partial charge is 0.506 e. The van der Waals surface area contributed by atoms with Crippen LogP contribution in [0.15, 0.2) is 66.7 Å². The summed E-state index contributed by atoms with van der Waals surface area (Å²) in [5.41, 5.74) is 1.92. The van der Waals surface area contributed by atoms with Crippen molar-refractivity contribution in [3.8, 4) is 5.75 Å². The second-order valence-corrected chi connectivity index (χ2v) is 6.67. The molecule has 0 bridgehead atoms. The Labute approximate surface area is 153 Å². The lowest BCUT2D eigenvalue weighted by molar-refractivity contribution is -0.130. The van der Waals surface area contributed by atoms with Gasteiger partial charge in [-0.3, -0.25) is 4.79 Å². The number of phenolic OH excluding ortho intramolecular Hbond substituents is 1. The smallest absolute Gasteiger partial charge is 0.227 e. The zero-order valence-corrected chi connectivity index (χ0v) is 14.6. The maximum absolute atomic E-state index is 12.8. The summed E-state index contributed by atoms with van der Waals surface area (Å²) in [4.78, 5) is 16.8. The molecule has 1 amide bonds. The first-order valence-corrected chi connectivity index (χ1v) is 9.00. The number of anilines is 1. The van der Waals surface area contributed by atoms with Crippen molar-refractivity contribution in [1.29, 1.82) is 0 Å². The van der Waals surface area contributed by atoms with E-state index in [2.05, 4.69) is 23.1 Å². The number of hydrogen-bond acceptors (Lipinski definition) is 3. The zero-order chi connectivity index (χ0) is 17.9. The molecule has 0 unspecified atom stereocenters. The lowest BCUT2D eigenvalue weighted by Gasteiger charge is -2.36. The Kier molecular flexibility index (Phi) is 4.48. The summed E-state index contributed by atoms with van der Waals surface area (Å²) in [5, 5.41) is 12.3. The highest BCUT2D eigenvalue weighted by atomic mass is 16.3. The maximum atomic E-state index is 12.8. The molecule has 3 aromatic rings. The summed E-state index contributed by atoms with van der Waals surface area (Å²) < 4.78 is 0. The molecule has 0 aromatic heterocycles. The lowest BCUT2D eigenvalue weighted by Crippen LogP contribution is -2.49. The van der Waals surface area contributed by atoms with E-state index in [1.54, 1.807) is 6.07 Å². The number of carbonyl (C=O) groups excluding carboxylic acids is 1. The van der Waals surface area contributed by atoms with Crippen LogP contribution < -0.4 is 4.90 Å². The molecule has 132 valence electrons. The molecule has 1 aliphatic heterocycles. The standard InChI is InChI=1S/C22H22N2O2/c25-21-11-4-3-10-20(21)23-12-14-24(15-13-23)22(26)16-18-8-5-7-17-6-1-2-9-19(17)18/h1-11,25H,12-16H2. The van der Waals surface area contributed by atoms with E-state index in [1.807, 2.05) is 47.4 Å². The fraction of sp³-hybridized carbons (Fsp3) is 0.227. The monoisotopic (exact) mass is 346 g/mol. The van der Waals surface area contributed by atoms with Crippen LogP contribution in [0.2, 0.25) is 0 Å². The third kappa shape index (κ3) is 3.23. The van der Waals surface area contributed by atoms with E-state index in [9.17, 15) is 9.90 Å².